The maximum absolute atomic E-state index is 13.7. The summed E-state index contributed by atoms with van der Waals surface area (Å²) in [5.41, 5.74) is -2.08. The average molecular weight is 307 g/mol. The van der Waals surface area contributed by atoms with E-state index < -0.39 is 29.0 Å². The van der Waals surface area contributed by atoms with E-state index in [2.05, 4.69) is 5.32 Å². The number of rotatable bonds is 7. The number of halogens is 4. The topological polar surface area (TPSA) is 38.3 Å². The first kappa shape index (κ1) is 17.4. The van der Waals surface area contributed by atoms with Crippen molar-refractivity contribution < 1.29 is 27.1 Å². The molecular formula is C14H17F4NO2. The van der Waals surface area contributed by atoms with Crippen molar-refractivity contribution >= 4 is 5.91 Å². The number of unbranched alkanes of at least 4 members (excludes halogenated alkanes) is 1. The monoisotopic (exact) mass is 307 g/mol. The van der Waals surface area contributed by atoms with Crippen LogP contribution in [0.15, 0.2) is 18.2 Å². The molecule has 1 aromatic rings. The number of alkyl halides is 3. The van der Waals surface area contributed by atoms with Crippen molar-refractivity contribution in [1.29, 1.82) is 0 Å². The normalized spacial score (nSPS) is 11.5. The van der Waals surface area contributed by atoms with Gasteiger partial charge in [-0.15, -0.1) is 0 Å². The first-order valence-electron chi connectivity index (χ1n) is 6.59. The van der Waals surface area contributed by atoms with Crippen LogP contribution in [0.1, 0.15) is 35.7 Å². The number of hydrogen-bond acceptors (Lipinski definition) is 2. The fourth-order valence-corrected chi connectivity index (χ4v) is 1.61. The molecule has 0 atom stereocenters. The van der Waals surface area contributed by atoms with E-state index in [-0.39, 0.29) is 13.2 Å². The Morgan fingerprint density at radius 1 is 1.29 bits per heavy atom. The van der Waals surface area contributed by atoms with E-state index in [0.29, 0.717) is 12.7 Å². The quantitative estimate of drug-likeness (QED) is 0.619. The summed E-state index contributed by atoms with van der Waals surface area (Å²) in [4.78, 5) is 11.7. The van der Waals surface area contributed by atoms with Crippen LogP contribution in [0, 0.1) is 5.82 Å². The smallest absolute Gasteiger partial charge is 0.380 e. The Balaban J connectivity index is 2.59. The number of ether oxygens (including phenoxy) is 1. The lowest BCUT2D eigenvalue weighted by molar-refractivity contribution is -0.140. The Bertz CT molecular complexity index is 475. The summed E-state index contributed by atoms with van der Waals surface area (Å²) in [6.45, 7) is 2.89. The van der Waals surface area contributed by atoms with Gasteiger partial charge in [-0.1, -0.05) is 19.4 Å². The number of amides is 1. The van der Waals surface area contributed by atoms with Gasteiger partial charge in [-0.3, -0.25) is 4.79 Å². The van der Waals surface area contributed by atoms with Gasteiger partial charge in [0.15, 0.2) is 0 Å². The van der Waals surface area contributed by atoms with Crippen molar-refractivity contribution in [3.8, 4) is 0 Å². The van der Waals surface area contributed by atoms with Crippen molar-refractivity contribution in [3.05, 3.63) is 35.1 Å². The second-order valence-electron chi connectivity index (χ2n) is 4.39. The molecule has 0 bridgehead atoms. The van der Waals surface area contributed by atoms with Gasteiger partial charge < -0.3 is 10.1 Å². The number of carbonyl (C=O) groups excluding carboxylic acids is 1. The summed E-state index contributed by atoms with van der Waals surface area (Å²) in [5.74, 6) is -2.45. The SMILES string of the molecule is CCCCOCCNC(=O)c1cccc(C(F)(F)F)c1F. The van der Waals surface area contributed by atoms with Crippen molar-refractivity contribution in [2.24, 2.45) is 0 Å². The molecule has 7 heteroatoms. The molecule has 1 aromatic carbocycles. The van der Waals surface area contributed by atoms with Gasteiger partial charge in [-0.25, -0.2) is 4.39 Å². The van der Waals surface area contributed by atoms with Crippen molar-refractivity contribution in [3.63, 3.8) is 0 Å². The highest BCUT2D eigenvalue weighted by Crippen LogP contribution is 2.32. The van der Waals surface area contributed by atoms with Crippen molar-refractivity contribution in [2.45, 2.75) is 25.9 Å². The van der Waals surface area contributed by atoms with E-state index in [4.69, 9.17) is 4.74 Å². The van der Waals surface area contributed by atoms with Gasteiger partial charge in [0.2, 0.25) is 0 Å². The standard InChI is InChI=1S/C14H17F4NO2/c1-2-3-8-21-9-7-19-13(20)10-5-4-6-11(12(10)15)14(16,17)18/h4-6H,2-3,7-9H2,1H3,(H,19,20). The molecule has 0 unspecified atom stereocenters. The van der Waals surface area contributed by atoms with Crippen molar-refractivity contribution in [1.82, 2.24) is 5.32 Å². The minimum absolute atomic E-state index is 0.109. The lowest BCUT2D eigenvalue weighted by Gasteiger charge is -2.11. The van der Waals surface area contributed by atoms with Gasteiger partial charge in [0.05, 0.1) is 17.7 Å². The molecule has 0 aliphatic heterocycles. The largest absolute Gasteiger partial charge is 0.419 e. The summed E-state index contributed by atoms with van der Waals surface area (Å²) in [6.07, 6.45) is -2.97. The zero-order valence-corrected chi connectivity index (χ0v) is 11.6. The maximum Gasteiger partial charge on any atom is 0.419 e. The third-order valence-corrected chi connectivity index (χ3v) is 2.72. The highest BCUT2D eigenvalue weighted by atomic mass is 19.4. The van der Waals surface area contributed by atoms with Crippen LogP contribution >= 0.6 is 0 Å². The molecule has 3 nitrogen and oxygen atoms in total. The summed E-state index contributed by atoms with van der Waals surface area (Å²) >= 11 is 0. The molecule has 0 radical (unpaired) electrons. The molecule has 21 heavy (non-hydrogen) atoms. The second-order valence-corrected chi connectivity index (χ2v) is 4.39. The lowest BCUT2D eigenvalue weighted by Crippen LogP contribution is -2.28. The van der Waals surface area contributed by atoms with E-state index in [9.17, 15) is 22.4 Å². The van der Waals surface area contributed by atoms with Crippen LogP contribution in [-0.4, -0.2) is 25.7 Å². The van der Waals surface area contributed by atoms with Gasteiger partial charge in [0, 0.05) is 13.2 Å². The minimum Gasteiger partial charge on any atom is -0.380 e. The van der Waals surface area contributed by atoms with E-state index in [1.807, 2.05) is 6.92 Å². The summed E-state index contributed by atoms with van der Waals surface area (Å²) in [6, 6.07) is 2.61. The van der Waals surface area contributed by atoms with Gasteiger partial charge >= 0.3 is 6.18 Å². The molecule has 1 amide bonds. The highest BCUT2D eigenvalue weighted by Gasteiger charge is 2.35. The number of benzene rings is 1. The Morgan fingerprint density at radius 2 is 2.00 bits per heavy atom. The van der Waals surface area contributed by atoms with Crippen LogP contribution < -0.4 is 5.32 Å². The predicted molar refractivity (Wildman–Crippen MR) is 69.5 cm³/mol. The molecule has 0 heterocycles. The molecule has 0 aliphatic carbocycles. The van der Waals surface area contributed by atoms with Gasteiger partial charge in [0.1, 0.15) is 5.82 Å². The van der Waals surface area contributed by atoms with E-state index >= 15 is 0 Å². The molecule has 0 aliphatic rings. The molecule has 1 rings (SSSR count). The summed E-state index contributed by atoms with van der Waals surface area (Å²) in [5, 5.41) is 2.32. The molecule has 0 spiro atoms. The first-order chi connectivity index (χ1) is 9.88. The zero-order valence-electron chi connectivity index (χ0n) is 11.6. The molecule has 118 valence electrons. The number of carbonyl (C=O) groups is 1. The summed E-state index contributed by atoms with van der Waals surface area (Å²) in [7, 11) is 0. The number of hydrogen-bond donors (Lipinski definition) is 1. The average Bonchev–Trinajstić information content (AvgIpc) is 2.41. The molecule has 0 saturated heterocycles. The molecule has 1 N–H and O–H groups in total. The zero-order chi connectivity index (χ0) is 15.9. The van der Waals surface area contributed by atoms with Crippen LogP contribution in [0.2, 0.25) is 0 Å². The van der Waals surface area contributed by atoms with E-state index in [1.54, 1.807) is 0 Å². The third kappa shape index (κ3) is 5.34. The second kappa shape index (κ2) is 7.97. The molecule has 0 saturated carbocycles. The molecule has 0 aromatic heterocycles. The van der Waals surface area contributed by atoms with Crippen LogP contribution in [0.3, 0.4) is 0 Å². The highest BCUT2D eigenvalue weighted by molar-refractivity contribution is 5.94. The first-order valence-corrected chi connectivity index (χ1v) is 6.59. The van der Waals surface area contributed by atoms with E-state index in [0.717, 1.165) is 25.0 Å². The van der Waals surface area contributed by atoms with Gasteiger partial charge in [-0.05, 0) is 18.6 Å². The van der Waals surface area contributed by atoms with Crippen LogP contribution in [0.4, 0.5) is 17.6 Å². The molecule has 0 fully saturated rings. The fourth-order valence-electron chi connectivity index (χ4n) is 1.61. The summed E-state index contributed by atoms with van der Waals surface area (Å²) < 4.78 is 56.4. The van der Waals surface area contributed by atoms with Gasteiger partial charge in [0.25, 0.3) is 5.91 Å². The van der Waals surface area contributed by atoms with Crippen LogP contribution in [-0.2, 0) is 10.9 Å². The number of nitrogens with one attached hydrogen (secondary N) is 1. The van der Waals surface area contributed by atoms with Crippen LogP contribution in [0.5, 0.6) is 0 Å². The Morgan fingerprint density at radius 3 is 2.62 bits per heavy atom. The Labute approximate surface area is 120 Å². The molecular weight excluding hydrogens is 290 g/mol. The predicted octanol–water partition coefficient (Wildman–Crippen LogP) is 3.39. The Hall–Kier alpha value is -1.63. The third-order valence-electron chi connectivity index (χ3n) is 2.72. The Kier molecular flexibility index (Phi) is 6.61. The fraction of sp³-hybridized carbons (Fsp3) is 0.500. The van der Waals surface area contributed by atoms with Crippen molar-refractivity contribution in [2.75, 3.05) is 19.8 Å². The minimum atomic E-state index is -4.83. The maximum atomic E-state index is 13.7. The lowest BCUT2D eigenvalue weighted by atomic mass is 10.1. The van der Waals surface area contributed by atoms with Crippen LogP contribution in [0.25, 0.3) is 0 Å². The van der Waals surface area contributed by atoms with Gasteiger partial charge in [-0.2, -0.15) is 13.2 Å². The van der Waals surface area contributed by atoms with E-state index in [1.165, 1.54) is 0 Å².